The lowest BCUT2D eigenvalue weighted by atomic mass is 9.51. The van der Waals surface area contributed by atoms with Crippen LogP contribution >= 0.6 is 0 Å². The monoisotopic (exact) mass is 374 g/mol. The number of carbonyl (C=O) groups excluding carboxylic acids is 1. The number of nitrogens with zero attached hydrogens (tertiary/aromatic N) is 1. The van der Waals surface area contributed by atoms with Crippen LogP contribution < -0.4 is 0 Å². The Morgan fingerprint density at radius 2 is 2.11 bits per heavy atom. The number of likely N-dealkylation sites (tertiary alicyclic amines) is 1. The fourth-order valence-corrected chi connectivity index (χ4v) is 6.62. The molecule has 5 heteroatoms. The summed E-state index contributed by atoms with van der Waals surface area (Å²) in [4.78, 5) is 12.4. The van der Waals surface area contributed by atoms with E-state index in [2.05, 4.69) is 20.0 Å². The van der Waals surface area contributed by atoms with Crippen molar-refractivity contribution in [2.24, 2.45) is 11.3 Å². The van der Waals surface area contributed by atoms with Gasteiger partial charge in [-0.1, -0.05) is 19.1 Å². The molecular formula is C22H32NO4+. The summed E-state index contributed by atoms with van der Waals surface area (Å²) >= 11 is 0. The van der Waals surface area contributed by atoms with Gasteiger partial charge in [0, 0.05) is 30.6 Å². The molecule has 0 aromatic heterocycles. The summed E-state index contributed by atoms with van der Waals surface area (Å²) in [6.45, 7) is 4.35. The number of hydrogen-bond acceptors (Lipinski definition) is 4. The number of ether oxygens (including phenoxy) is 1. The molecule has 0 aromatic rings. The first-order valence-corrected chi connectivity index (χ1v) is 10.6. The van der Waals surface area contributed by atoms with E-state index < -0.39 is 23.2 Å². The van der Waals surface area contributed by atoms with Crippen LogP contribution in [0.15, 0.2) is 23.3 Å². The zero-order valence-corrected chi connectivity index (χ0v) is 16.5. The van der Waals surface area contributed by atoms with Crippen LogP contribution in [0.5, 0.6) is 0 Å². The summed E-state index contributed by atoms with van der Waals surface area (Å²) in [6.07, 6.45) is 7.75. The first kappa shape index (κ1) is 18.0. The summed E-state index contributed by atoms with van der Waals surface area (Å²) in [7, 11) is 2.32. The number of aliphatic hydroxyl groups is 2. The molecule has 2 aliphatic heterocycles. The number of ketones is 1. The summed E-state index contributed by atoms with van der Waals surface area (Å²) in [5.74, 6) is 0.814. The topological polar surface area (TPSA) is 66.8 Å². The quantitative estimate of drug-likeness (QED) is 0.723. The zero-order valence-electron chi connectivity index (χ0n) is 16.5. The summed E-state index contributed by atoms with van der Waals surface area (Å²) in [6, 6.07) is 0.0991. The van der Waals surface area contributed by atoms with Gasteiger partial charge in [0.25, 0.3) is 0 Å². The van der Waals surface area contributed by atoms with Crippen LogP contribution in [0.4, 0.5) is 0 Å². The predicted octanol–water partition coefficient (Wildman–Crippen LogP) is 1.73. The summed E-state index contributed by atoms with van der Waals surface area (Å²) in [5, 5.41) is 22.8. The molecular weight excluding hydrogens is 342 g/mol. The molecule has 2 N–H and O–H groups in total. The van der Waals surface area contributed by atoms with Gasteiger partial charge >= 0.3 is 0 Å². The van der Waals surface area contributed by atoms with Gasteiger partial charge in [-0.15, -0.1) is 0 Å². The molecule has 148 valence electrons. The van der Waals surface area contributed by atoms with Crippen molar-refractivity contribution in [2.45, 2.75) is 69.3 Å². The Balaban J connectivity index is 1.67. The minimum atomic E-state index is -0.930. The smallest absolute Gasteiger partial charge is 0.158 e. The SMILES string of the molecule is C[C@]12CC[N+](C)(CC3CC3)[C@@H]3CC4=C1C(OCC(=O)CC[C@@]32O)C(O)C=C4. The average Bonchev–Trinajstić information content (AvgIpc) is 3.42. The van der Waals surface area contributed by atoms with Crippen molar-refractivity contribution in [1.82, 2.24) is 0 Å². The van der Waals surface area contributed by atoms with Gasteiger partial charge in [-0.3, -0.25) is 4.79 Å². The third-order valence-corrected chi connectivity index (χ3v) is 8.41. The molecule has 1 saturated carbocycles. The second-order valence-corrected chi connectivity index (χ2v) is 10.1. The van der Waals surface area contributed by atoms with Crippen LogP contribution in [-0.2, 0) is 9.53 Å². The van der Waals surface area contributed by atoms with Gasteiger partial charge in [0.15, 0.2) is 5.78 Å². The van der Waals surface area contributed by atoms with Crippen molar-refractivity contribution in [3.63, 3.8) is 0 Å². The van der Waals surface area contributed by atoms with Crippen molar-refractivity contribution >= 4 is 5.78 Å². The van der Waals surface area contributed by atoms with E-state index in [1.54, 1.807) is 6.08 Å². The minimum absolute atomic E-state index is 0.0252. The van der Waals surface area contributed by atoms with Gasteiger partial charge in [-0.05, 0) is 30.4 Å². The highest BCUT2D eigenvalue weighted by Crippen LogP contribution is 2.60. The molecule has 6 atom stereocenters. The zero-order chi connectivity index (χ0) is 19.0. The van der Waals surface area contributed by atoms with E-state index in [1.165, 1.54) is 18.4 Å². The fraction of sp³-hybridized carbons (Fsp3) is 0.773. The molecule has 0 amide bonds. The Hall–Kier alpha value is -1.01. The van der Waals surface area contributed by atoms with E-state index in [-0.39, 0.29) is 18.4 Å². The van der Waals surface area contributed by atoms with E-state index in [4.69, 9.17) is 4.74 Å². The minimum Gasteiger partial charge on any atom is -0.386 e. The molecule has 4 bridgehead atoms. The molecule has 0 spiro atoms. The summed E-state index contributed by atoms with van der Waals surface area (Å²) < 4.78 is 6.85. The molecule has 5 rings (SSSR count). The van der Waals surface area contributed by atoms with Crippen LogP contribution in [-0.4, -0.2) is 71.1 Å². The highest BCUT2D eigenvalue weighted by Gasteiger charge is 2.68. The molecule has 5 nitrogen and oxygen atoms in total. The Morgan fingerprint density at radius 1 is 1.33 bits per heavy atom. The number of quaternary nitrogens is 1. The van der Waals surface area contributed by atoms with E-state index in [0.717, 1.165) is 41.9 Å². The van der Waals surface area contributed by atoms with Crippen LogP contribution in [0.2, 0.25) is 0 Å². The van der Waals surface area contributed by atoms with Gasteiger partial charge in [0.2, 0.25) is 0 Å². The number of Topliss-reactive ketones (excluding diaryl/α,β-unsaturated/α-hetero) is 1. The third-order valence-electron chi connectivity index (χ3n) is 8.41. The largest absolute Gasteiger partial charge is 0.386 e. The first-order chi connectivity index (χ1) is 12.8. The molecule has 5 aliphatic rings. The maximum absolute atomic E-state index is 12.4. The fourth-order valence-electron chi connectivity index (χ4n) is 6.62. The number of hydrogen-bond donors (Lipinski definition) is 2. The predicted molar refractivity (Wildman–Crippen MR) is 101 cm³/mol. The maximum Gasteiger partial charge on any atom is 0.158 e. The number of aliphatic hydroxyl groups excluding tert-OH is 1. The number of likely N-dealkylation sites (N-methyl/N-ethyl adjacent to an activating group) is 1. The molecule has 0 aromatic carbocycles. The molecule has 27 heavy (non-hydrogen) atoms. The van der Waals surface area contributed by atoms with Gasteiger partial charge in [-0.2, -0.15) is 0 Å². The van der Waals surface area contributed by atoms with E-state index in [9.17, 15) is 15.0 Å². The van der Waals surface area contributed by atoms with Crippen molar-refractivity contribution in [2.75, 3.05) is 26.7 Å². The van der Waals surface area contributed by atoms with Gasteiger partial charge in [0.05, 0.1) is 20.1 Å². The highest BCUT2D eigenvalue weighted by molar-refractivity contribution is 5.80. The third kappa shape index (κ3) is 2.48. The Morgan fingerprint density at radius 3 is 2.85 bits per heavy atom. The lowest BCUT2D eigenvalue weighted by molar-refractivity contribution is -0.951. The Labute approximate surface area is 161 Å². The molecule has 3 aliphatic carbocycles. The molecule has 3 fully saturated rings. The van der Waals surface area contributed by atoms with E-state index in [1.807, 2.05) is 0 Å². The average molecular weight is 375 g/mol. The van der Waals surface area contributed by atoms with Crippen LogP contribution in [0, 0.1) is 11.3 Å². The van der Waals surface area contributed by atoms with E-state index in [0.29, 0.717) is 12.8 Å². The Kier molecular flexibility index (Phi) is 3.85. The lowest BCUT2D eigenvalue weighted by Crippen LogP contribution is -2.75. The van der Waals surface area contributed by atoms with Crippen molar-refractivity contribution in [1.29, 1.82) is 0 Å². The van der Waals surface area contributed by atoms with Crippen LogP contribution in [0.3, 0.4) is 0 Å². The van der Waals surface area contributed by atoms with Crippen LogP contribution in [0.25, 0.3) is 0 Å². The van der Waals surface area contributed by atoms with Crippen LogP contribution in [0.1, 0.15) is 45.4 Å². The maximum atomic E-state index is 12.4. The lowest BCUT2D eigenvalue weighted by Gasteiger charge is -2.64. The Bertz CT molecular complexity index is 741. The second kappa shape index (κ2) is 5.76. The van der Waals surface area contributed by atoms with Crippen molar-refractivity contribution in [3.8, 4) is 0 Å². The van der Waals surface area contributed by atoms with Gasteiger partial charge < -0.3 is 19.4 Å². The van der Waals surface area contributed by atoms with Gasteiger partial charge in [-0.25, -0.2) is 0 Å². The number of piperidine rings is 1. The van der Waals surface area contributed by atoms with E-state index >= 15 is 0 Å². The summed E-state index contributed by atoms with van der Waals surface area (Å²) in [5.41, 5.74) is 0.897. The highest BCUT2D eigenvalue weighted by atomic mass is 16.5. The second-order valence-electron chi connectivity index (χ2n) is 10.1. The first-order valence-electron chi connectivity index (χ1n) is 10.6. The number of rotatable bonds is 2. The number of allylic oxidation sites excluding steroid dienone is 1. The standard InChI is InChI=1S/C22H32NO4/c1-21-9-10-23(2,12-14-3-4-14)18-11-15-5-6-17(25)20(19(15)21)27-13-16(24)7-8-22(18,21)26/h5-6,14,17-18,20,25-26H,3-4,7-13H2,1-2H3/q+1/t17?,18-,20?,21+,22-,23?/m1/s1. The van der Waals surface area contributed by atoms with Crippen molar-refractivity contribution in [3.05, 3.63) is 23.3 Å². The number of carbonyl (C=O) groups is 1. The normalized spacial score (nSPS) is 49.5. The van der Waals surface area contributed by atoms with Crippen molar-refractivity contribution < 1.29 is 24.2 Å². The molecule has 0 radical (unpaired) electrons. The molecule has 3 unspecified atom stereocenters. The van der Waals surface area contributed by atoms with Gasteiger partial charge in [0.1, 0.15) is 30.5 Å². The molecule has 2 saturated heterocycles. The molecule has 2 heterocycles.